The minimum Gasteiger partial charge on any atom is -0.480 e. The molecule has 1 aromatic carbocycles. The van der Waals surface area contributed by atoms with Gasteiger partial charge in [0.05, 0.1) is 5.39 Å². The molecule has 1 aliphatic rings. The monoisotopic (exact) mass is 354 g/mol. The van der Waals surface area contributed by atoms with E-state index >= 15 is 0 Å². The van der Waals surface area contributed by atoms with E-state index in [0.717, 1.165) is 35.2 Å². The summed E-state index contributed by atoms with van der Waals surface area (Å²) >= 11 is 1.58. The smallest absolute Gasteiger partial charge is 0.323 e. The Morgan fingerprint density at radius 3 is 2.84 bits per heavy atom. The average molecular weight is 354 g/mol. The number of carboxylic acids is 1. The number of aromatic nitrogens is 2. The molecule has 0 fully saturated rings. The van der Waals surface area contributed by atoms with Crippen LogP contribution in [0, 0.1) is 5.92 Å². The molecular formula is C19H18N2O3S. The van der Waals surface area contributed by atoms with E-state index in [1.807, 2.05) is 30.3 Å². The quantitative estimate of drug-likeness (QED) is 0.783. The Hall–Kier alpha value is -2.47. The van der Waals surface area contributed by atoms with Gasteiger partial charge in [-0.05, 0) is 30.7 Å². The molecule has 0 radical (unpaired) electrons. The van der Waals surface area contributed by atoms with Crippen LogP contribution in [0.4, 0.5) is 0 Å². The van der Waals surface area contributed by atoms with Crippen LogP contribution in [0.1, 0.15) is 23.8 Å². The Morgan fingerprint density at radius 2 is 2.12 bits per heavy atom. The number of carboxylic acid groups (broad SMARTS) is 1. The molecule has 5 nitrogen and oxygen atoms in total. The topological polar surface area (TPSA) is 72.2 Å². The van der Waals surface area contributed by atoms with E-state index in [4.69, 9.17) is 4.98 Å². The van der Waals surface area contributed by atoms with Crippen molar-refractivity contribution < 1.29 is 9.90 Å². The standard InChI is InChI=1S/C19H18N2O3S/c1-11-7-8-13-14(9-11)25-18-16(13)19(24)21(10-15(22)23)17(20-18)12-5-3-2-4-6-12/h2-6,11H,7-10H2,1H3,(H,22,23). The molecule has 0 saturated heterocycles. The highest BCUT2D eigenvalue weighted by atomic mass is 32.1. The number of hydrogen-bond donors (Lipinski definition) is 1. The van der Waals surface area contributed by atoms with Crippen LogP contribution in [0.2, 0.25) is 0 Å². The Bertz CT molecular complexity index is 1020. The van der Waals surface area contributed by atoms with E-state index in [9.17, 15) is 14.7 Å². The first-order valence-electron chi connectivity index (χ1n) is 8.37. The molecule has 4 rings (SSSR count). The van der Waals surface area contributed by atoms with Crippen LogP contribution in [0.15, 0.2) is 35.1 Å². The lowest BCUT2D eigenvalue weighted by Crippen LogP contribution is -2.27. The lowest BCUT2D eigenvalue weighted by molar-refractivity contribution is -0.137. The Kier molecular flexibility index (Phi) is 3.92. The van der Waals surface area contributed by atoms with E-state index in [1.165, 1.54) is 9.44 Å². The molecule has 0 saturated carbocycles. The first-order valence-corrected chi connectivity index (χ1v) is 9.18. The Balaban J connectivity index is 2.02. The zero-order valence-corrected chi connectivity index (χ0v) is 14.7. The normalized spacial score (nSPS) is 16.8. The van der Waals surface area contributed by atoms with Gasteiger partial charge in [0.15, 0.2) is 0 Å². The Labute approximate surface area is 148 Å². The van der Waals surface area contributed by atoms with E-state index in [2.05, 4.69) is 6.92 Å². The number of benzene rings is 1. The minimum absolute atomic E-state index is 0.238. The number of fused-ring (bicyclic) bond motifs is 3. The maximum Gasteiger partial charge on any atom is 0.323 e. The molecular weight excluding hydrogens is 336 g/mol. The fraction of sp³-hybridized carbons (Fsp3) is 0.316. The van der Waals surface area contributed by atoms with Crippen molar-refractivity contribution in [3.8, 4) is 11.4 Å². The lowest BCUT2D eigenvalue weighted by Gasteiger charge is -2.17. The van der Waals surface area contributed by atoms with Gasteiger partial charge in [-0.1, -0.05) is 37.3 Å². The van der Waals surface area contributed by atoms with Crippen molar-refractivity contribution in [2.24, 2.45) is 5.92 Å². The third-order valence-electron chi connectivity index (χ3n) is 4.74. The molecule has 0 aliphatic heterocycles. The first-order chi connectivity index (χ1) is 12.0. The van der Waals surface area contributed by atoms with Crippen LogP contribution in [-0.2, 0) is 24.2 Å². The number of nitrogens with zero attached hydrogens (tertiary/aromatic N) is 2. The predicted molar refractivity (Wildman–Crippen MR) is 98.1 cm³/mol. The fourth-order valence-electron chi connectivity index (χ4n) is 3.51. The van der Waals surface area contributed by atoms with E-state index in [0.29, 0.717) is 17.1 Å². The molecule has 2 aromatic heterocycles. The number of aryl methyl sites for hydroxylation is 1. The van der Waals surface area contributed by atoms with E-state index in [1.54, 1.807) is 11.3 Å². The number of rotatable bonds is 3. The second-order valence-corrected chi connectivity index (χ2v) is 7.70. The van der Waals surface area contributed by atoms with Gasteiger partial charge in [0.2, 0.25) is 0 Å². The van der Waals surface area contributed by atoms with Crippen LogP contribution in [-0.4, -0.2) is 20.6 Å². The van der Waals surface area contributed by atoms with Crippen LogP contribution in [0.5, 0.6) is 0 Å². The van der Waals surface area contributed by atoms with E-state index < -0.39 is 5.97 Å². The highest BCUT2D eigenvalue weighted by Gasteiger charge is 2.25. The molecule has 3 aromatic rings. The molecule has 1 aliphatic carbocycles. The van der Waals surface area contributed by atoms with Gasteiger partial charge in [-0.15, -0.1) is 11.3 Å². The molecule has 0 amide bonds. The van der Waals surface area contributed by atoms with Crippen molar-refractivity contribution in [1.82, 2.24) is 9.55 Å². The van der Waals surface area contributed by atoms with Crippen molar-refractivity contribution in [3.05, 3.63) is 51.1 Å². The second kappa shape index (κ2) is 6.11. The first kappa shape index (κ1) is 16.0. The fourth-order valence-corrected chi connectivity index (χ4v) is 4.89. The van der Waals surface area contributed by atoms with Gasteiger partial charge in [0.25, 0.3) is 5.56 Å². The molecule has 6 heteroatoms. The average Bonchev–Trinajstić information content (AvgIpc) is 2.95. The molecule has 1 unspecified atom stereocenters. The second-order valence-electron chi connectivity index (χ2n) is 6.62. The van der Waals surface area contributed by atoms with Crippen molar-refractivity contribution in [2.75, 3.05) is 0 Å². The number of hydrogen-bond acceptors (Lipinski definition) is 4. The molecule has 0 bridgehead atoms. The van der Waals surface area contributed by atoms with Gasteiger partial charge >= 0.3 is 5.97 Å². The summed E-state index contributed by atoms with van der Waals surface area (Å²) in [4.78, 5) is 31.1. The highest BCUT2D eigenvalue weighted by Crippen LogP contribution is 2.36. The summed E-state index contributed by atoms with van der Waals surface area (Å²) in [6.45, 7) is 1.84. The summed E-state index contributed by atoms with van der Waals surface area (Å²) in [6, 6.07) is 9.30. The van der Waals surface area contributed by atoms with Crippen molar-refractivity contribution in [2.45, 2.75) is 32.7 Å². The summed E-state index contributed by atoms with van der Waals surface area (Å²) in [5.41, 5.74) is 1.59. The summed E-state index contributed by atoms with van der Waals surface area (Å²) in [6.07, 6.45) is 2.89. The van der Waals surface area contributed by atoms with Crippen LogP contribution >= 0.6 is 11.3 Å². The molecule has 1 atom stereocenters. The number of aliphatic carboxylic acids is 1. The van der Waals surface area contributed by atoms with Crippen molar-refractivity contribution in [3.63, 3.8) is 0 Å². The minimum atomic E-state index is -1.04. The maximum absolute atomic E-state index is 13.1. The molecule has 2 heterocycles. The number of carbonyl (C=O) groups is 1. The van der Waals surface area contributed by atoms with Gasteiger partial charge in [-0.2, -0.15) is 0 Å². The summed E-state index contributed by atoms with van der Waals surface area (Å²) in [5, 5.41) is 9.89. The van der Waals surface area contributed by atoms with Gasteiger partial charge in [-0.25, -0.2) is 4.98 Å². The summed E-state index contributed by atoms with van der Waals surface area (Å²) < 4.78 is 1.30. The van der Waals surface area contributed by atoms with Gasteiger partial charge < -0.3 is 5.11 Å². The Morgan fingerprint density at radius 1 is 1.36 bits per heavy atom. The van der Waals surface area contributed by atoms with Crippen molar-refractivity contribution in [1.29, 1.82) is 0 Å². The van der Waals surface area contributed by atoms with E-state index in [-0.39, 0.29) is 12.1 Å². The summed E-state index contributed by atoms with van der Waals surface area (Å²) in [5.74, 6) is -0.0132. The van der Waals surface area contributed by atoms with Crippen LogP contribution in [0.25, 0.3) is 21.6 Å². The lowest BCUT2D eigenvalue weighted by atomic mass is 9.89. The van der Waals surface area contributed by atoms with Crippen LogP contribution < -0.4 is 5.56 Å². The highest BCUT2D eigenvalue weighted by molar-refractivity contribution is 7.18. The maximum atomic E-state index is 13.1. The van der Waals surface area contributed by atoms with Crippen molar-refractivity contribution >= 4 is 27.5 Å². The molecule has 128 valence electrons. The zero-order chi connectivity index (χ0) is 17.6. The largest absolute Gasteiger partial charge is 0.480 e. The van der Waals surface area contributed by atoms with Gasteiger partial charge in [-0.3, -0.25) is 14.2 Å². The molecule has 25 heavy (non-hydrogen) atoms. The van der Waals surface area contributed by atoms with Crippen LogP contribution in [0.3, 0.4) is 0 Å². The zero-order valence-electron chi connectivity index (χ0n) is 13.9. The predicted octanol–water partition coefficient (Wildman–Crippen LogP) is 3.33. The van der Waals surface area contributed by atoms with Gasteiger partial charge in [0, 0.05) is 10.4 Å². The summed E-state index contributed by atoms with van der Waals surface area (Å²) in [7, 11) is 0. The molecule has 1 N–H and O–H groups in total. The number of thiophene rings is 1. The third kappa shape index (κ3) is 2.76. The van der Waals surface area contributed by atoms with Gasteiger partial charge in [0.1, 0.15) is 17.2 Å². The SMILES string of the molecule is CC1CCc2c(sc3nc(-c4ccccc4)n(CC(=O)O)c(=O)c23)C1. The molecule has 0 spiro atoms. The third-order valence-corrected chi connectivity index (χ3v) is 5.89.